The van der Waals surface area contributed by atoms with E-state index in [0.29, 0.717) is 38.5 Å². The van der Waals surface area contributed by atoms with Gasteiger partial charge in [-0.05, 0) is 18.6 Å². The van der Waals surface area contributed by atoms with Gasteiger partial charge in [0.05, 0.1) is 5.41 Å². The number of nitrogens with one attached hydrogen (secondary N) is 1. The van der Waals surface area contributed by atoms with Crippen molar-refractivity contribution in [3.8, 4) is 11.6 Å². The Bertz CT molecular complexity index is 943. The number of alkyl halides is 3. The fourth-order valence-corrected chi connectivity index (χ4v) is 3.71. The van der Waals surface area contributed by atoms with Crippen LogP contribution in [0.5, 0.6) is 11.6 Å². The van der Waals surface area contributed by atoms with Crippen LogP contribution in [0, 0.1) is 11.2 Å². The van der Waals surface area contributed by atoms with E-state index >= 15 is 0 Å². The molecular weight excluding hydrogens is 428 g/mol. The number of carbonyl (C=O) groups excluding carboxylic acids is 1. The maximum Gasteiger partial charge on any atom is 0.433 e. The maximum atomic E-state index is 13.4. The number of anilines is 1. The molecule has 1 aromatic heterocycles. The van der Waals surface area contributed by atoms with Crippen LogP contribution in [0.3, 0.4) is 0 Å². The van der Waals surface area contributed by atoms with E-state index in [1.165, 1.54) is 18.2 Å². The molecule has 0 bridgehead atoms. The first-order chi connectivity index (χ1) is 13.7. The van der Waals surface area contributed by atoms with Crippen molar-refractivity contribution in [3.63, 3.8) is 0 Å². The highest BCUT2D eigenvalue weighted by Gasteiger charge is 2.46. The van der Waals surface area contributed by atoms with E-state index in [1.54, 1.807) is 4.90 Å². The molecule has 1 atom stereocenters. The second kappa shape index (κ2) is 8.35. The molecule has 1 N–H and O–H groups in total. The molecule has 3 heterocycles. The number of carbonyl (C=O) groups is 1. The number of nitrogens with zero attached hydrogens (tertiary/aromatic N) is 3. The van der Waals surface area contributed by atoms with E-state index < -0.39 is 23.1 Å². The lowest BCUT2D eigenvalue weighted by molar-refractivity contribution is -0.141. The molecule has 30 heavy (non-hydrogen) atoms. The number of halogens is 5. The number of piperidine rings is 1. The first kappa shape index (κ1) is 22.2. The Balaban J connectivity index is 0.00000256. The first-order valence-corrected chi connectivity index (χ1v) is 9.14. The number of aromatic nitrogens is 2. The number of benzene rings is 1. The summed E-state index contributed by atoms with van der Waals surface area (Å²) in [6.45, 7) is 1.67. The third-order valence-corrected chi connectivity index (χ3v) is 5.22. The Hall–Kier alpha value is -2.46. The normalized spacial score (nSPS) is 21.6. The molecule has 1 unspecified atom stereocenters. The van der Waals surface area contributed by atoms with Crippen LogP contribution < -0.4 is 15.0 Å². The van der Waals surface area contributed by atoms with Gasteiger partial charge in [0.15, 0.2) is 5.69 Å². The van der Waals surface area contributed by atoms with Crippen LogP contribution in [-0.4, -0.2) is 41.9 Å². The molecule has 0 saturated carbocycles. The van der Waals surface area contributed by atoms with Crippen LogP contribution in [0.4, 0.5) is 23.5 Å². The molecular formula is C19H19ClF4N4O2. The Morgan fingerprint density at radius 1 is 1.20 bits per heavy atom. The van der Waals surface area contributed by atoms with Gasteiger partial charge in [-0.1, -0.05) is 6.07 Å². The summed E-state index contributed by atoms with van der Waals surface area (Å²) in [5.41, 5.74) is -1.80. The topological polar surface area (TPSA) is 67.4 Å². The zero-order valence-corrected chi connectivity index (χ0v) is 16.5. The lowest BCUT2D eigenvalue weighted by atomic mass is 9.79. The van der Waals surface area contributed by atoms with Gasteiger partial charge in [-0.3, -0.25) is 4.79 Å². The Morgan fingerprint density at radius 2 is 2.00 bits per heavy atom. The van der Waals surface area contributed by atoms with Gasteiger partial charge >= 0.3 is 6.18 Å². The van der Waals surface area contributed by atoms with E-state index in [0.717, 1.165) is 6.07 Å². The van der Waals surface area contributed by atoms with Gasteiger partial charge in [0.1, 0.15) is 17.3 Å². The summed E-state index contributed by atoms with van der Waals surface area (Å²) in [7, 11) is 0. The third-order valence-electron chi connectivity index (χ3n) is 5.22. The van der Waals surface area contributed by atoms with Gasteiger partial charge in [0, 0.05) is 44.7 Å². The van der Waals surface area contributed by atoms with Crippen molar-refractivity contribution in [1.82, 2.24) is 15.3 Å². The molecule has 2 fully saturated rings. The number of hydrogen-bond donors (Lipinski definition) is 1. The van der Waals surface area contributed by atoms with E-state index in [9.17, 15) is 22.4 Å². The van der Waals surface area contributed by atoms with Gasteiger partial charge in [-0.25, -0.2) is 9.37 Å². The number of Topliss-reactive ketones (excluding diaryl/α,β-unsaturated/α-hetero) is 1. The van der Waals surface area contributed by atoms with Gasteiger partial charge in [-0.15, -0.1) is 12.4 Å². The molecule has 6 nitrogen and oxygen atoms in total. The van der Waals surface area contributed by atoms with Crippen molar-refractivity contribution >= 4 is 24.1 Å². The first-order valence-electron chi connectivity index (χ1n) is 9.14. The van der Waals surface area contributed by atoms with Crippen molar-refractivity contribution in [3.05, 3.63) is 41.8 Å². The standard InChI is InChI=1S/C19H18F4N4O2.ClH/c20-12-2-1-3-13(8-12)29-16-9-14(19(21,22)23)25-17(26-16)27-7-5-18(11-27)10-24-6-4-15(18)28;/h1-3,8-9,24H,4-7,10-11H2;1H. The molecule has 2 aliphatic rings. The molecule has 0 radical (unpaired) electrons. The van der Waals surface area contributed by atoms with Crippen molar-refractivity contribution in [2.45, 2.75) is 19.0 Å². The number of rotatable bonds is 3. The van der Waals surface area contributed by atoms with Crippen molar-refractivity contribution in [1.29, 1.82) is 0 Å². The molecule has 11 heteroatoms. The molecule has 2 saturated heterocycles. The summed E-state index contributed by atoms with van der Waals surface area (Å²) in [5, 5.41) is 3.18. The summed E-state index contributed by atoms with van der Waals surface area (Å²) >= 11 is 0. The summed E-state index contributed by atoms with van der Waals surface area (Å²) in [5.74, 6) is -0.977. The van der Waals surface area contributed by atoms with Crippen molar-refractivity contribution in [2.24, 2.45) is 5.41 Å². The molecule has 0 aliphatic carbocycles. The van der Waals surface area contributed by atoms with Gasteiger partial charge < -0.3 is 15.0 Å². The van der Waals surface area contributed by atoms with Crippen molar-refractivity contribution < 1.29 is 27.1 Å². The minimum Gasteiger partial charge on any atom is -0.439 e. The highest BCUT2D eigenvalue weighted by atomic mass is 35.5. The van der Waals surface area contributed by atoms with E-state index in [2.05, 4.69) is 15.3 Å². The SMILES string of the molecule is Cl.O=C1CCNCC12CCN(c1nc(Oc3cccc(F)c3)cc(C(F)(F)F)n1)C2. The van der Waals surface area contributed by atoms with Gasteiger partial charge in [-0.2, -0.15) is 18.2 Å². The molecule has 0 amide bonds. The van der Waals surface area contributed by atoms with Gasteiger partial charge in [0.25, 0.3) is 0 Å². The van der Waals surface area contributed by atoms with Crippen LogP contribution in [0.15, 0.2) is 30.3 Å². The quantitative estimate of drug-likeness (QED) is 0.727. The minimum absolute atomic E-state index is 0. The summed E-state index contributed by atoms with van der Waals surface area (Å²) < 4.78 is 58.8. The van der Waals surface area contributed by atoms with Crippen LogP contribution >= 0.6 is 12.4 Å². The van der Waals surface area contributed by atoms with Crippen LogP contribution in [0.25, 0.3) is 0 Å². The Labute approximate surface area is 176 Å². The zero-order chi connectivity index (χ0) is 20.6. The Morgan fingerprint density at radius 3 is 2.70 bits per heavy atom. The van der Waals surface area contributed by atoms with Crippen molar-refractivity contribution in [2.75, 3.05) is 31.1 Å². The predicted molar refractivity (Wildman–Crippen MR) is 103 cm³/mol. The third kappa shape index (κ3) is 4.49. The average molecular weight is 447 g/mol. The monoisotopic (exact) mass is 446 g/mol. The van der Waals surface area contributed by atoms with Crippen LogP contribution in [-0.2, 0) is 11.0 Å². The summed E-state index contributed by atoms with van der Waals surface area (Å²) in [6, 6.07) is 5.71. The fourth-order valence-electron chi connectivity index (χ4n) is 3.71. The number of hydrogen-bond acceptors (Lipinski definition) is 6. The molecule has 2 aliphatic heterocycles. The predicted octanol–water partition coefficient (Wildman–Crippen LogP) is 3.61. The highest BCUT2D eigenvalue weighted by Crippen LogP contribution is 2.37. The summed E-state index contributed by atoms with van der Waals surface area (Å²) in [6.07, 6.45) is -3.80. The lowest BCUT2D eigenvalue weighted by Gasteiger charge is -2.32. The van der Waals surface area contributed by atoms with E-state index in [4.69, 9.17) is 4.74 Å². The second-order valence-corrected chi connectivity index (χ2v) is 7.25. The molecule has 4 rings (SSSR count). The number of ether oxygens (including phenoxy) is 1. The minimum atomic E-state index is -4.71. The molecule has 162 valence electrons. The Kier molecular flexibility index (Phi) is 6.19. The summed E-state index contributed by atoms with van der Waals surface area (Å²) in [4.78, 5) is 21.7. The van der Waals surface area contributed by atoms with E-state index in [1.807, 2.05) is 0 Å². The maximum absolute atomic E-state index is 13.4. The van der Waals surface area contributed by atoms with E-state index in [-0.39, 0.29) is 42.3 Å². The highest BCUT2D eigenvalue weighted by molar-refractivity contribution is 5.87. The molecule has 1 aromatic carbocycles. The average Bonchev–Trinajstić information content (AvgIpc) is 3.09. The second-order valence-electron chi connectivity index (χ2n) is 7.25. The van der Waals surface area contributed by atoms with Gasteiger partial charge in [0.2, 0.25) is 11.8 Å². The van der Waals surface area contributed by atoms with Crippen LogP contribution in [0.1, 0.15) is 18.5 Å². The molecule has 1 spiro atoms. The largest absolute Gasteiger partial charge is 0.439 e. The fraction of sp³-hybridized carbons (Fsp3) is 0.421. The molecule has 2 aromatic rings. The number of ketones is 1. The zero-order valence-electron chi connectivity index (χ0n) is 15.7. The van der Waals surface area contributed by atoms with Crippen LogP contribution in [0.2, 0.25) is 0 Å². The smallest absolute Gasteiger partial charge is 0.433 e. The lowest BCUT2D eigenvalue weighted by Crippen LogP contribution is -2.48.